The molecular formula is C17H19FN4O2. The van der Waals surface area contributed by atoms with E-state index in [2.05, 4.69) is 20.2 Å². The minimum atomic E-state index is -0.397. The van der Waals surface area contributed by atoms with Crippen molar-refractivity contribution in [1.29, 1.82) is 0 Å². The van der Waals surface area contributed by atoms with Crippen LogP contribution in [0.3, 0.4) is 0 Å². The fraction of sp³-hybridized carbons (Fsp3) is 0.412. The van der Waals surface area contributed by atoms with E-state index in [1.165, 1.54) is 18.5 Å². The molecule has 0 bridgehead atoms. The van der Waals surface area contributed by atoms with Crippen LogP contribution < -0.4 is 10.2 Å². The van der Waals surface area contributed by atoms with Crippen LogP contribution in [-0.4, -0.2) is 42.1 Å². The molecule has 126 valence electrons. The van der Waals surface area contributed by atoms with Gasteiger partial charge in [0.2, 0.25) is 0 Å². The summed E-state index contributed by atoms with van der Waals surface area (Å²) in [5.74, 6) is 0.801. The Bertz CT molecular complexity index is 711. The molecule has 7 heteroatoms. The van der Waals surface area contributed by atoms with E-state index in [1.54, 1.807) is 12.1 Å². The Hall–Kier alpha value is -2.25. The average molecular weight is 330 g/mol. The Morgan fingerprint density at radius 2 is 1.88 bits per heavy atom. The second kappa shape index (κ2) is 6.33. The molecule has 6 nitrogen and oxygen atoms in total. The number of rotatable bonds is 3. The zero-order valence-corrected chi connectivity index (χ0v) is 13.2. The van der Waals surface area contributed by atoms with Crippen LogP contribution >= 0.6 is 0 Å². The van der Waals surface area contributed by atoms with Gasteiger partial charge in [-0.2, -0.15) is 0 Å². The number of hydrogen-bond acceptors (Lipinski definition) is 6. The zero-order chi connectivity index (χ0) is 16.4. The second-order valence-corrected chi connectivity index (χ2v) is 5.99. The van der Waals surface area contributed by atoms with Crippen molar-refractivity contribution in [2.75, 3.05) is 36.5 Å². The Labute approximate surface area is 139 Å². The van der Waals surface area contributed by atoms with E-state index < -0.39 is 5.79 Å². The summed E-state index contributed by atoms with van der Waals surface area (Å²) in [6, 6.07) is 8.17. The molecule has 2 aliphatic heterocycles. The lowest BCUT2D eigenvalue weighted by molar-refractivity contribution is -0.169. The second-order valence-electron chi connectivity index (χ2n) is 5.99. The molecule has 4 rings (SSSR count). The molecule has 2 aliphatic rings. The minimum Gasteiger partial charge on any atom is -0.356 e. The van der Waals surface area contributed by atoms with Gasteiger partial charge in [-0.1, -0.05) is 6.07 Å². The molecule has 0 amide bonds. The first-order valence-electron chi connectivity index (χ1n) is 8.10. The summed E-state index contributed by atoms with van der Waals surface area (Å²) in [4.78, 5) is 10.8. The topological polar surface area (TPSA) is 59.5 Å². The van der Waals surface area contributed by atoms with Crippen molar-refractivity contribution in [3.63, 3.8) is 0 Å². The SMILES string of the molecule is Fc1cccc(Nc2cc(N3CCC4(CC3)OCCO4)ncn2)c1. The van der Waals surface area contributed by atoms with Crippen LogP contribution in [0.4, 0.5) is 21.7 Å². The van der Waals surface area contributed by atoms with E-state index in [4.69, 9.17) is 9.47 Å². The third-order valence-corrected chi connectivity index (χ3v) is 4.41. The van der Waals surface area contributed by atoms with Gasteiger partial charge >= 0.3 is 0 Å². The van der Waals surface area contributed by atoms with Crippen LogP contribution in [0.5, 0.6) is 0 Å². The summed E-state index contributed by atoms with van der Waals surface area (Å²) in [5, 5.41) is 3.11. The van der Waals surface area contributed by atoms with E-state index in [0.29, 0.717) is 24.7 Å². The molecule has 0 radical (unpaired) electrons. The molecule has 3 heterocycles. The van der Waals surface area contributed by atoms with Gasteiger partial charge in [-0.05, 0) is 18.2 Å². The van der Waals surface area contributed by atoms with E-state index in [1.807, 2.05) is 6.07 Å². The number of piperidine rings is 1. The van der Waals surface area contributed by atoms with Gasteiger partial charge in [-0.3, -0.25) is 0 Å². The summed E-state index contributed by atoms with van der Waals surface area (Å²) in [7, 11) is 0. The fourth-order valence-electron chi connectivity index (χ4n) is 3.16. The number of halogens is 1. The Balaban J connectivity index is 1.45. The average Bonchev–Trinajstić information content (AvgIpc) is 3.04. The Kier molecular flexibility index (Phi) is 4.03. The van der Waals surface area contributed by atoms with Crippen molar-refractivity contribution < 1.29 is 13.9 Å². The molecule has 1 aromatic carbocycles. The molecule has 0 saturated carbocycles. The first-order chi connectivity index (χ1) is 11.7. The summed E-state index contributed by atoms with van der Waals surface area (Å²) >= 11 is 0. The lowest BCUT2D eigenvalue weighted by Gasteiger charge is -2.38. The normalized spacial score (nSPS) is 19.6. The molecule has 0 atom stereocenters. The highest BCUT2D eigenvalue weighted by Crippen LogP contribution is 2.33. The monoisotopic (exact) mass is 330 g/mol. The number of ether oxygens (including phenoxy) is 2. The highest BCUT2D eigenvalue weighted by atomic mass is 19.1. The Morgan fingerprint density at radius 3 is 2.62 bits per heavy atom. The van der Waals surface area contributed by atoms with E-state index in [0.717, 1.165) is 31.7 Å². The third kappa shape index (κ3) is 3.18. The van der Waals surface area contributed by atoms with Crippen molar-refractivity contribution in [2.24, 2.45) is 0 Å². The summed E-state index contributed by atoms with van der Waals surface area (Å²) < 4.78 is 24.8. The van der Waals surface area contributed by atoms with E-state index >= 15 is 0 Å². The smallest absolute Gasteiger partial charge is 0.171 e. The molecule has 2 fully saturated rings. The molecule has 1 spiro atoms. The number of nitrogens with one attached hydrogen (secondary N) is 1. The summed E-state index contributed by atoms with van der Waals surface area (Å²) in [6.45, 7) is 2.98. The predicted molar refractivity (Wildman–Crippen MR) is 87.8 cm³/mol. The van der Waals surface area contributed by atoms with E-state index in [9.17, 15) is 4.39 Å². The van der Waals surface area contributed by atoms with Gasteiger partial charge in [0.25, 0.3) is 0 Å². The van der Waals surface area contributed by atoms with E-state index in [-0.39, 0.29) is 5.82 Å². The van der Waals surface area contributed by atoms with Gasteiger partial charge in [-0.25, -0.2) is 14.4 Å². The maximum atomic E-state index is 13.3. The molecular weight excluding hydrogens is 311 g/mol. The maximum absolute atomic E-state index is 13.3. The van der Waals surface area contributed by atoms with Crippen molar-refractivity contribution in [3.05, 3.63) is 42.5 Å². The lowest BCUT2D eigenvalue weighted by atomic mass is 10.0. The van der Waals surface area contributed by atoms with Crippen LogP contribution in [0, 0.1) is 5.82 Å². The van der Waals surface area contributed by atoms with Crippen molar-refractivity contribution in [1.82, 2.24) is 9.97 Å². The Morgan fingerprint density at radius 1 is 1.08 bits per heavy atom. The van der Waals surface area contributed by atoms with Crippen LogP contribution in [0.1, 0.15) is 12.8 Å². The lowest BCUT2D eigenvalue weighted by Crippen LogP contribution is -2.45. The molecule has 1 N–H and O–H groups in total. The number of hydrogen-bond donors (Lipinski definition) is 1. The standard InChI is InChI=1S/C17H19FN4O2/c18-13-2-1-3-14(10-13)21-15-11-16(20-12-19-15)22-6-4-17(5-7-22)23-8-9-24-17/h1-3,10-12H,4-9H2,(H,19,20,21). The molecule has 0 unspecified atom stereocenters. The zero-order valence-electron chi connectivity index (χ0n) is 13.2. The number of benzene rings is 1. The first kappa shape index (κ1) is 15.3. The van der Waals surface area contributed by atoms with Crippen LogP contribution in [0.15, 0.2) is 36.7 Å². The first-order valence-corrected chi connectivity index (χ1v) is 8.10. The van der Waals surface area contributed by atoms with Crippen LogP contribution in [-0.2, 0) is 9.47 Å². The number of nitrogens with zero attached hydrogens (tertiary/aromatic N) is 3. The highest BCUT2D eigenvalue weighted by molar-refractivity contribution is 5.59. The number of anilines is 3. The third-order valence-electron chi connectivity index (χ3n) is 4.41. The van der Waals surface area contributed by atoms with Gasteiger partial charge in [-0.15, -0.1) is 0 Å². The molecule has 2 aromatic rings. The van der Waals surface area contributed by atoms with Gasteiger partial charge in [0.15, 0.2) is 5.79 Å². The molecule has 0 aliphatic carbocycles. The largest absolute Gasteiger partial charge is 0.356 e. The molecule has 24 heavy (non-hydrogen) atoms. The maximum Gasteiger partial charge on any atom is 0.171 e. The minimum absolute atomic E-state index is 0.285. The fourth-order valence-corrected chi connectivity index (χ4v) is 3.16. The van der Waals surface area contributed by atoms with Gasteiger partial charge in [0.1, 0.15) is 23.8 Å². The number of aromatic nitrogens is 2. The van der Waals surface area contributed by atoms with Crippen molar-refractivity contribution in [2.45, 2.75) is 18.6 Å². The van der Waals surface area contributed by atoms with Gasteiger partial charge < -0.3 is 19.7 Å². The highest BCUT2D eigenvalue weighted by Gasteiger charge is 2.40. The molecule has 2 saturated heterocycles. The predicted octanol–water partition coefficient (Wildman–Crippen LogP) is 2.70. The molecule has 1 aromatic heterocycles. The van der Waals surface area contributed by atoms with Crippen molar-refractivity contribution in [3.8, 4) is 0 Å². The van der Waals surface area contributed by atoms with Crippen molar-refractivity contribution >= 4 is 17.3 Å². The van der Waals surface area contributed by atoms with Crippen LogP contribution in [0.2, 0.25) is 0 Å². The van der Waals surface area contributed by atoms with Crippen LogP contribution in [0.25, 0.3) is 0 Å². The summed E-state index contributed by atoms with van der Waals surface area (Å²) in [6.07, 6.45) is 3.16. The summed E-state index contributed by atoms with van der Waals surface area (Å²) in [5.41, 5.74) is 0.657. The quantitative estimate of drug-likeness (QED) is 0.934. The van der Waals surface area contributed by atoms with Gasteiger partial charge in [0, 0.05) is 37.7 Å². The van der Waals surface area contributed by atoms with Gasteiger partial charge in [0.05, 0.1) is 13.2 Å².